The van der Waals surface area contributed by atoms with Crippen molar-refractivity contribution in [3.63, 3.8) is 0 Å². The van der Waals surface area contributed by atoms with Crippen molar-refractivity contribution in [1.29, 1.82) is 0 Å². The molecule has 0 saturated carbocycles. The van der Waals surface area contributed by atoms with Crippen LogP contribution in [0.2, 0.25) is 0 Å². The number of hydrogen-bond acceptors (Lipinski definition) is 6. The Kier molecular flexibility index (Phi) is 7.07. The van der Waals surface area contributed by atoms with Crippen LogP contribution < -0.4 is 5.32 Å². The third-order valence-electron chi connectivity index (χ3n) is 4.89. The van der Waals surface area contributed by atoms with Crippen LogP contribution in [0.5, 0.6) is 0 Å². The number of benzene rings is 1. The molecule has 2 heterocycles. The Morgan fingerprint density at radius 1 is 1.21 bits per heavy atom. The van der Waals surface area contributed by atoms with Crippen molar-refractivity contribution in [2.45, 2.75) is 25.3 Å². The smallest absolute Gasteiger partial charge is 0.243 e. The van der Waals surface area contributed by atoms with Crippen molar-refractivity contribution in [1.82, 2.24) is 9.21 Å². The molecule has 1 amide bonds. The van der Waals surface area contributed by atoms with Gasteiger partial charge in [-0.15, -0.1) is 11.3 Å². The number of likely N-dealkylation sites (N-methyl/N-ethyl adjacent to an activating group) is 1. The Labute approximate surface area is 176 Å². The fourth-order valence-electron chi connectivity index (χ4n) is 3.13. The SMILES string of the molecule is Cc1ccc(S(=O)(=O)N2CCOCC2)cc1NC(=O)CN(C)Cc1sccc1C. The summed E-state index contributed by atoms with van der Waals surface area (Å²) in [6, 6.07) is 6.92. The van der Waals surface area contributed by atoms with Crippen molar-refractivity contribution in [3.8, 4) is 0 Å². The average molecular weight is 438 g/mol. The van der Waals surface area contributed by atoms with Crippen LogP contribution in [0.25, 0.3) is 0 Å². The Balaban J connectivity index is 1.68. The summed E-state index contributed by atoms with van der Waals surface area (Å²) in [5.41, 5.74) is 2.56. The van der Waals surface area contributed by atoms with Gasteiger partial charge < -0.3 is 10.1 Å². The summed E-state index contributed by atoms with van der Waals surface area (Å²) in [6.45, 7) is 6.28. The molecule has 7 nitrogen and oxygen atoms in total. The van der Waals surface area contributed by atoms with Gasteiger partial charge in [-0.1, -0.05) is 6.07 Å². The number of nitrogens with one attached hydrogen (secondary N) is 1. The molecule has 0 atom stereocenters. The van der Waals surface area contributed by atoms with Gasteiger partial charge in [-0.2, -0.15) is 4.31 Å². The normalized spacial score (nSPS) is 15.6. The number of carbonyl (C=O) groups is 1. The first kappa shape index (κ1) is 21.9. The first-order valence-corrected chi connectivity index (χ1v) is 11.8. The van der Waals surface area contributed by atoms with Crippen molar-refractivity contribution in [2.75, 3.05) is 45.2 Å². The molecular formula is C20H27N3O4S2. The Hall–Kier alpha value is -1.78. The lowest BCUT2D eigenvalue weighted by atomic mass is 10.2. The van der Waals surface area contributed by atoms with Gasteiger partial charge in [0.05, 0.1) is 24.7 Å². The first-order chi connectivity index (χ1) is 13.8. The molecular weight excluding hydrogens is 410 g/mol. The number of amides is 1. The monoisotopic (exact) mass is 437 g/mol. The fraction of sp³-hybridized carbons (Fsp3) is 0.450. The summed E-state index contributed by atoms with van der Waals surface area (Å²) < 4.78 is 32.4. The van der Waals surface area contributed by atoms with Crippen LogP contribution in [0.1, 0.15) is 16.0 Å². The molecule has 0 spiro atoms. The van der Waals surface area contributed by atoms with E-state index < -0.39 is 10.0 Å². The predicted molar refractivity (Wildman–Crippen MR) is 115 cm³/mol. The van der Waals surface area contributed by atoms with Crippen LogP contribution in [0.3, 0.4) is 0 Å². The van der Waals surface area contributed by atoms with E-state index in [1.807, 2.05) is 24.3 Å². The lowest BCUT2D eigenvalue weighted by Crippen LogP contribution is -2.40. The minimum Gasteiger partial charge on any atom is -0.379 e. The van der Waals surface area contributed by atoms with Gasteiger partial charge in [-0.25, -0.2) is 8.42 Å². The minimum absolute atomic E-state index is 0.175. The molecule has 1 fully saturated rings. The summed E-state index contributed by atoms with van der Waals surface area (Å²) >= 11 is 1.68. The largest absolute Gasteiger partial charge is 0.379 e. The molecule has 2 aromatic rings. The maximum Gasteiger partial charge on any atom is 0.243 e. The second-order valence-electron chi connectivity index (χ2n) is 7.24. The number of morpholine rings is 1. The van der Waals surface area contributed by atoms with Gasteiger partial charge in [-0.3, -0.25) is 9.69 Å². The zero-order chi connectivity index (χ0) is 21.0. The molecule has 0 unspecified atom stereocenters. The molecule has 0 radical (unpaired) electrons. The van der Waals surface area contributed by atoms with E-state index in [-0.39, 0.29) is 17.3 Å². The maximum atomic E-state index is 12.9. The molecule has 0 aliphatic carbocycles. The lowest BCUT2D eigenvalue weighted by Gasteiger charge is -2.26. The summed E-state index contributed by atoms with van der Waals surface area (Å²) in [5, 5.41) is 4.91. The Morgan fingerprint density at radius 2 is 1.93 bits per heavy atom. The highest BCUT2D eigenvalue weighted by Crippen LogP contribution is 2.24. The molecule has 158 valence electrons. The minimum atomic E-state index is -3.61. The topological polar surface area (TPSA) is 79.0 Å². The van der Waals surface area contributed by atoms with Crippen LogP contribution in [-0.4, -0.2) is 63.4 Å². The highest BCUT2D eigenvalue weighted by Gasteiger charge is 2.27. The van der Waals surface area contributed by atoms with E-state index in [0.29, 0.717) is 38.5 Å². The van der Waals surface area contributed by atoms with E-state index >= 15 is 0 Å². The van der Waals surface area contributed by atoms with Crippen molar-refractivity contribution in [2.24, 2.45) is 0 Å². The molecule has 1 aliphatic rings. The van der Waals surface area contributed by atoms with Gasteiger partial charge in [0.2, 0.25) is 15.9 Å². The maximum absolute atomic E-state index is 12.9. The van der Waals surface area contributed by atoms with E-state index in [9.17, 15) is 13.2 Å². The van der Waals surface area contributed by atoms with Gasteiger partial charge in [0.25, 0.3) is 0 Å². The van der Waals surface area contributed by atoms with Crippen LogP contribution in [0.15, 0.2) is 34.5 Å². The third kappa shape index (κ3) is 5.43. The second-order valence-corrected chi connectivity index (χ2v) is 10.2. The molecule has 1 aromatic heterocycles. The summed E-state index contributed by atoms with van der Waals surface area (Å²) in [5.74, 6) is -0.175. The van der Waals surface area contributed by atoms with Crippen molar-refractivity contribution >= 4 is 33.0 Å². The van der Waals surface area contributed by atoms with Crippen LogP contribution in [0.4, 0.5) is 5.69 Å². The molecule has 0 bridgehead atoms. The van der Waals surface area contributed by atoms with E-state index in [4.69, 9.17) is 4.74 Å². The van der Waals surface area contributed by atoms with Crippen LogP contribution >= 0.6 is 11.3 Å². The van der Waals surface area contributed by atoms with Gasteiger partial charge in [0, 0.05) is 30.2 Å². The van der Waals surface area contributed by atoms with Crippen LogP contribution in [0, 0.1) is 13.8 Å². The molecule has 9 heteroatoms. The standard InChI is InChI=1S/C20H27N3O4S2/c1-15-4-5-17(29(25,26)23-7-9-27-10-8-23)12-18(15)21-20(24)14-22(3)13-19-16(2)6-11-28-19/h4-6,11-12H,7-10,13-14H2,1-3H3,(H,21,24). The van der Waals surface area contributed by atoms with Gasteiger partial charge >= 0.3 is 0 Å². The molecule has 1 aromatic carbocycles. The fourth-order valence-corrected chi connectivity index (χ4v) is 5.55. The zero-order valence-corrected chi connectivity index (χ0v) is 18.6. The quantitative estimate of drug-likeness (QED) is 0.720. The van der Waals surface area contributed by atoms with Gasteiger partial charge in [0.15, 0.2) is 0 Å². The summed E-state index contributed by atoms with van der Waals surface area (Å²) in [6.07, 6.45) is 0. The first-order valence-electron chi connectivity index (χ1n) is 9.47. The molecule has 3 rings (SSSR count). The summed E-state index contributed by atoms with van der Waals surface area (Å²) in [7, 11) is -1.71. The number of aryl methyl sites for hydroxylation is 2. The van der Waals surface area contributed by atoms with Crippen molar-refractivity contribution in [3.05, 3.63) is 45.6 Å². The highest BCUT2D eigenvalue weighted by molar-refractivity contribution is 7.89. The number of carbonyl (C=O) groups excluding carboxylic acids is 1. The molecule has 1 N–H and O–H groups in total. The third-order valence-corrected chi connectivity index (χ3v) is 7.79. The molecule has 29 heavy (non-hydrogen) atoms. The Morgan fingerprint density at radius 3 is 2.59 bits per heavy atom. The average Bonchev–Trinajstić information content (AvgIpc) is 3.08. The van der Waals surface area contributed by atoms with E-state index in [0.717, 1.165) is 5.56 Å². The van der Waals surface area contributed by atoms with E-state index in [1.54, 1.807) is 29.5 Å². The summed E-state index contributed by atoms with van der Waals surface area (Å²) in [4.78, 5) is 15.9. The van der Waals surface area contributed by atoms with E-state index in [1.165, 1.54) is 14.7 Å². The number of nitrogens with zero attached hydrogens (tertiary/aromatic N) is 2. The number of hydrogen-bond donors (Lipinski definition) is 1. The molecule has 1 aliphatic heterocycles. The van der Waals surface area contributed by atoms with Crippen LogP contribution in [-0.2, 0) is 26.1 Å². The van der Waals surface area contributed by atoms with Gasteiger partial charge in [0.1, 0.15) is 0 Å². The number of thiophene rings is 1. The second kappa shape index (κ2) is 9.36. The van der Waals surface area contributed by atoms with E-state index in [2.05, 4.69) is 18.3 Å². The van der Waals surface area contributed by atoms with Gasteiger partial charge in [-0.05, 0) is 55.6 Å². The van der Waals surface area contributed by atoms with Crippen molar-refractivity contribution < 1.29 is 17.9 Å². The molecule has 1 saturated heterocycles. The number of ether oxygens (including phenoxy) is 1. The number of sulfonamides is 1. The Bertz CT molecular complexity index is 966. The number of rotatable bonds is 7. The number of anilines is 1. The highest BCUT2D eigenvalue weighted by atomic mass is 32.2. The predicted octanol–water partition coefficient (Wildman–Crippen LogP) is 2.46. The zero-order valence-electron chi connectivity index (χ0n) is 17.0. The lowest BCUT2D eigenvalue weighted by molar-refractivity contribution is -0.117.